The van der Waals surface area contributed by atoms with Crippen molar-refractivity contribution in [1.29, 1.82) is 5.26 Å². The predicted molar refractivity (Wildman–Crippen MR) is 52.7 cm³/mol. The Balaban J connectivity index is 2.95. The number of benzene rings is 1. The largest absolute Gasteiger partial charge is 0.573 e. The molecule has 1 aromatic carbocycles. The van der Waals surface area contributed by atoms with Crippen molar-refractivity contribution in [2.45, 2.75) is 12.8 Å². The molecule has 0 heterocycles. The fourth-order valence-electron chi connectivity index (χ4n) is 1.06. The first-order chi connectivity index (χ1) is 7.83. The summed E-state index contributed by atoms with van der Waals surface area (Å²) in [6.45, 7) is 0. The summed E-state index contributed by atoms with van der Waals surface area (Å²) < 4.78 is 39.3. The average Bonchev–Trinajstić information content (AvgIpc) is 2.19. The molecule has 0 aliphatic carbocycles. The molecule has 0 amide bonds. The lowest BCUT2D eigenvalue weighted by atomic mass is 10.1. The van der Waals surface area contributed by atoms with Crippen LogP contribution in [0.2, 0.25) is 5.02 Å². The molecule has 3 nitrogen and oxygen atoms in total. The first kappa shape index (κ1) is 13.3. The predicted octanol–water partition coefficient (Wildman–Crippen LogP) is 3.33. The third kappa shape index (κ3) is 3.96. The zero-order chi connectivity index (χ0) is 13.1. The number of Topliss-reactive ketones (excluding diaryl/α,β-unsaturated/α-hetero) is 1. The Kier molecular flexibility index (Phi) is 3.97. The Morgan fingerprint density at radius 3 is 2.59 bits per heavy atom. The van der Waals surface area contributed by atoms with Crippen LogP contribution >= 0.6 is 11.6 Å². The highest BCUT2D eigenvalue weighted by molar-refractivity contribution is 6.32. The molecule has 0 aliphatic rings. The Morgan fingerprint density at radius 1 is 1.47 bits per heavy atom. The fraction of sp³-hybridized carbons (Fsp3) is 0.200. The number of carbonyl (C=O) groups is 1. The standard InChI is InChI=1S/C10H5ClF3NO2/c11-7-5-6(8(16)3-4-15)1-2-9(7)17-10(12,13)14/h1-2,5H,3H2. The molecule has 0 saturated heterocycles. The van der Waals surface area contributed by atoms with E-state index >= 15 is 0 Å². The van der Waals surface area contributed by atoms with Crippen molar-refractivity contribution in [3.05, 3.63) is 28.8 Å². The van der Waals surface area contributed by atoms with Crippen LogP contribution in [0.4, 0.5) is 13.2 Å². The van der Waals surface area contributed by atoms with E-state index in [9.17, 15) is 18.0 Å². The second kappa shape index (κ2) is 5.06. The number of alkyl halides is 3. The Hall–Kier alpha value is -1.74. The molecule has 0 N–H and O–H groups in total. The molecule has 0 unspecified atom stereocenters. The first-order valence-electron chi connectivity index (χ1n) is 4.29. The van der Waals surface area contributed by atoms with Gasteiger partial charge in [0.2, 0.25) is 0 Å². The maximum atomic E-state index is 11.9. The molecule has 0 aromatic heterocycles. The van der Waals surface area contributed by atoms with Crippen molar-refractivity contribution < 1.29 is 22.7 Å². The van der Waals surface area contributed by atoms with Gasteiger partial charge in [-0.25, -0.2) is 0 Å². The zero-order valence-electron chi connectivity index (χ0n) is 8.21. The number of ether oxygens (including phenoxy) is 1. The lowest BCUT2D eigenvalue weighted by Gasteiger charge is -2.10. The third-order valence-corrected chi connectivity index (χ3v) is 2.01. The number of halogens is 4. The van der Waals surface area contributed by atoms with E-state index in [1.54, 1.807) is 6.07 Å². The number of nitriles is 1. The van der Waals surface area contributed by atoms with E-state index in [2.05, 4.69) is 4.74 Å². The number of rotatable bonds is 3. The monoisotopic (exact) mass is 263 g/mol. The number of hydrogen-bond acceptors (Lipinski definition) is 3. The average molecular weight is 264 g/mol. The van der Waals surface area contributed by atoms with Crippen molar-refractivity contribution in [2.24, 2.45) is 0 Å². The molecule has 0 bridgehead atoms. The molecule has 0 atom stereocenters. The van der Waals surface area contributed by atoms with Crippen LogP contribution in [0.3, 0.4) is 0 Å². The summed E-state index contributed by atoms with van der Waals surface area (Å²) in [5, 5.41) is 7.96. The van der Waals surface area contributed by atoms with E-state index in [1.165, 1.54) is 0 Å². The van der Waals surface area contributed by atoms with Crippen LogP contribution in [-0.4, -0.2) is 12.1 Å². The van der Waals surface area contributed by atoms with Gasteiger partial charge in [-0.3, -0.25) is 4.79 Å². The highest BCUT2D eigenvalue weighted by Gasteiger charge is 2.32. The molecule has 90 valence electrons. The summed E-state index contributed by atoms with van der Waals surface area (Å²) in [5.74, 6) is -1.11. The second-order valence-corrected chi connectivity index (χ2v) is 3.36. The number of ketones is 1. The normalized spacial score (nSPS) is 10.8. The molecular weight excluding hydrogens is 259 g/mol. The number of hydrogen-bond donors (Lipinski definition) is 0. The van der Waals surface area contributed by atoms with Crippen molar-refractivity contribution in [3.63, 3.8) is 0 Å². The minimum atomic E-state index is -4.85. The van der Waals surface area contributed by atoms with Gasteiger partial charge in [-0.2, -0.15) is 5.26 Å². The topological polar surface area (TPSA) is 50.1 Å². The molecule has 17 heavy (non-hydrogen) atoms. The molecule has 1 aromatic rings. The van der Waals surface area contributed by atoms with Gasteiger partial charge in [0.25, 0.3) is 0 Å². The van der Waals surface area contributed by atoms with Gasteiger partial charge in [0.05, 0.1) is 17.5 Å². The van der Waals surface area contributed by atoms with E-state index in [1.807, 2.05) is 0 Å². The molecular formula is C10H5ClF3NO2. The third-order valence-electron chi connectivity index (χ3n) is 1.72. The molecule has 0 radical (unpaired) electrons. The first-order valence-corrected chi connectivity index (χ1v) is 4.67. The van der Waals surface area contributed by atoms with Gasteiger partial charge in [0, 0.05) is 5.56 Å². The van der Waals surface area contributed by atoms with Crippen LogP contribution in [0.25, 0.3) is 0 Å². The van der Waals surface area contributed by atoms with Crippen LogP contribution in [0, 0.1) is 11.3 Å². The minimum absolute atomic E-state index is 0.0612. The van der Waals surface area contributed by atoms with Gasteiger partial charge in [0.15, 0.2) is 5.78 Å². The van der Waals surface area contributed by atoms with E-state index in [0.717, 1.165) is 18.2 Å². The molecule has 0 spiro atoms. The van der Waals surface area contributed by atoms with E-state index < -0.39 is 17.9 Å². The van der Waals surface area contributed by atoms with Crippen LogP contribution in [0.5, 0.6) is 5.75 Å². The molecule has 1 rings (SSSR count). The number of nitrogens with zero attached hydrogens (tertiary/aromatic N) is 1. The van der Waals surface area contributed by atoms with Crippen molar-refractivity contribution in [2.75, 3.05) is 0 Å². The van der Waals surface area contributed by atoms with E-state index in [0.29, 0.717) is 0 Å². The van der Waals surface area contributed by atoms with Gasteiger partial charge in [-0.15, -0.1) is 13.2 Å². The summed E-state index contributed by atoms with van der Waals surface area (Å²) in [4.78, 5) is 11.2. The van der Waals surface area contributed by atoms with Gasteiger partial charge in [-0.1, -0.05) is 11.6 Å². The van der Waals surface area contributed by atoms with Crippen LogP contribution in [0.1, 0.15) is 16.8 Å². The van der Waals surface area contributed by atoms with Gasteiger partial charge >= 0.3 is 6.36 Å². The van der Waals surface area contributed by atoms with Crippen molar-refractivity contribution >= 4 is 17.4 Å². The minimum Gasteiger partial charge on any atom is -0.404 e. The maximum Gasteiger partial charge on any atom is 0.573 e. The number of carbonyl (C=O) groups excluding carboxylic acids is 1. The van der Waals surface area contributed by atoms with E-state index in [-0.39, 0.29) is 17.0 Å². The summed E-state index contributed by atoms with van der Waals surface area (Å²) in [5.41, 5.74) is 0.0612. The van der Waals surface area contributed by atoms with Crippen LogP contribution < -0.4 is 4.74 Å². The zero-order valence-corrected chi connectivity index (χ0v) is 8.97. The second-order valence-electron chi connectivity index (χ2n) is 2.95. The molecule has 0 saturated carbocycles. The SMILES string of the molecule is N#CCC(=O)c1ccc(OC(F)(F)F)c(Cl)c1. The van der Waals surface area contributed by atoms with Crippen LogP contribution in [-0.2, 0) is 0 Å². The smallest absolute Gasteiger partial charge is 0.404 e. The summed E-state index contributed by atoms with van der Waals surface area (Å²) in [7, 11) is 0. The quantitative estimate of drug-likeness (QED) is 0.786. The summed E-state index contributed by atoms with van der Waals surface area (Å²) in [6.07, 6.45) is -5.21. The molecule has 7 heteroatoms. The van der Waals surface area contributed by atoms with Gasteiger partial charge in [-0.05, 0) is 18.2 Å². The maximum absolute atomic E-state index is 11.9. The van der Waals surface area contributed by atoms with Gasteiger partial charge in [0.1, 0.15) is 5.75 Å². The Morgan fingerprint density at radius 2 is 2.12 bits per heavy atom. The van der Waals surface area contributed by atoms with E-state index in [4.69, 9.17) is 16.9 Å². The highest BCUT2D eigenvalue weighted by atomic mass is 35.5. The lowest BCUT2D eigenvalue weighted by Crippen LogP contribution is -2.17. The van der Waals surface area contributed by atoms with Gasteiger partial charge < -0.3 is 4.74 Å². The Labute approximate surface area is 99.4 Å². The molecule has 0 aliphatic heterocycles. The lowest BCUT2D eigenvalue weighted by molar-refractivity contribution is -0.274. The Bertz CT molecular complexity index is 479. The van der Waals surface area contributed by atoms with Crippen molar-refractivity contribution in [3.8, 4) is 11.8 Å². The summed E-state index contributed by atoms with van der Waals surface area (Å²) in [6, 6.07) is 4.71. The van der Waals surface area contributed by atoms with Crippen LogP contribution in [0.15, 0.2) is 18.2 Å². The van der Waals surface area contributed by atoms with Crippen molar-refractivity contribution in [1.82, 2.24) is 0 Å². The fourth-order valence-corrected chi connectivity index (χ4v) is 1.27. The highest BCUT2D eigenvalue weighted by Crippen LogP contribution is 2.30. The summed E-state index contributed by atoms with van der Waals surface area (Å²) >= 11 is 5.52. The molecule has 0 fully saturated rings.